The molecule has 0 saturated carbocycles. The molecule has 1 N–H and O–H groups in total. The number of esters is 1. The number of rotatable bonds is 7. The van der Waals surface area contributed by atoms with Crippen LogP contribution in [0.5, 0.6) is 0 Å². The minimum absolute atomic E-state index is 0.0135. The number of nitrogens with zero attached hydrogens (tertiary/aromatic N) is 2. The Labute approximate surface area is 159 Å². The van der Waals surface area contributed by atoms with Gasteiger partial charge in [0.05, 0.1) is 18.4 Å². The summed E-state index contributed by atoms with van der Waals surface area (Å²) >= 11 is 0. The van der Waals surface area contributed by atoms with Gasteiger partial charge in [0.25, 0.3) is 0 Å². The molecule has 0 fully saturated rings. The van der Waals surface area contributed by atoms with Crippen LogP contribution in [0.15, 0.2) is 40.4 Å². The third kappa shape index (κ3) is 5.40. The smallest absolute Gasteiger partial charge is 0.344 e. The fourth-order valence-corrected chi connectivity index (χ4v) is 3.56. The van der Waals surface area contributed by atoms with Crippen LogP contribution in [-0.2, 0) is 31.0 Å². The minimum Gasteiger partial charge on any atom is -0.465 e. The Bertz CT molecular complexity index is 873. The number of methoxy groups -OCH3 is 1. The summed E-state index contributed by atoms with van der Waals surface area (Å²) in [5, 5.41) is 2.64. The van der Waals surface area contributed by atoms with Crippen LogP contribution in [0.1, 0.15) is 32.3 Å². The van der Waals surface area contributed by atoms with Crippen molar-refractivity contribution in [3.05, 3.63) is 41.6 Å². The van der Waals surface area contributed by atoms with Crippen molar-refractivity contribution in [2.24, 2.45) is 4.40 Å². The molecule has 0 bridgehead atoms. The normalized spacial score (nSPS) is 15.6. The Morgan fingerprint density at radius 3 is 2.48 bits per heavy atom. The van der Waals surface area contributed by atoms with E-state index < -0.39 is 28.6 Å². The Hall–Kier alpha value is -2.68. The highest BCUT2D eigenvalue weighted by molar-refractivity contribution is 7.88. The van der Waals surface area contributed by atoms with Gasteiger partial charge >= 0.3 is 16.2 Å². The fourth-order valence-electron chi connectivity index (χ4n) is 2.49. The van der Waals surface area contributed by atoms with Gasteiger partial charge in [-0.1, -0.05) is 25.5 Å². The molecule has 0 aliphatic carbocycles. The molecule has 0 radical (unpaired) electrons. The first-order valence-corrected chi connectivity index (χ1v) is 9.94. The van der Waals surface area contributed by atoms with Crippen LogP contribution >= 0.6 is 0 Å². The zero-order chi connectivity index (χ0) is 20.0. The maximum absolute atomic E-state index is 12.2. The second-order valence-corrected chi connectivity index (χ2v) is 7.63. The predicted octanol–water partition coefficient (Wildman–Crippen LogP) is 2.05. The van der Waals surface area contributed by atoms with E-state index in [1.165, 1.54) is 19.6 Å². The van der Waals surface area contributed by atoms with E-state index in [1.807, 2.05) is 12.1 Å². The largest absolute Gasteiger partial charge is 0.465 e. The monoisotopic (exact) mass is 393 g/mol. The number of nitrogens with one attached hydrogen (secondary N) is 1. The zero-order valence-corrected chi connectivity index (χ0v) is 16.4. The van der Waals surface area contributed by atoms with Gasteiger partial charge in [-0.05, 0) is 37.5 Å². The second-order valence-electron chi connectivity index (χ2n) is 6.08. The fraction of sp³-hybridized carbons (Fsp3) is 0.389. The summed E-state index contributed by atoms with van der Waals surface area (Å²) < 4.78 is 33.1. The number of aryl methyl sites for hydroxylation is 1. The van der Waals surface area contributed by atoms with E-state index in [1.54, 1.807) is 12.1 Å². The molecule has 27 heavy (non-hydrogen) atoms. The standard InChI is InChI=1S/C18H23N3O5S/c1-4-5-6-14-7-9-15(10-8-14)19-17(22)12-21-11-16(18(23)26-3)13(2)20-27(21,24)25/h7-11H,4-6,12H2,1-3H3,(H,19,22). The van der Waals surface area contributed by atoms with Crippen LogP contribution in [0, 0.1) is 0 Å². The number of unbranched alkanes of at least 4 members (excludes halogenated alkanes) is 1. The van der Waals surface area contributed by atoms with E-state index in [4.69, 9.17) is 0 Å². The van der Waals surface area contributed by atoms with Crippen LogP contribution in [0.25, 0.3) is 0 Å². The van der Waals surface area contributed by atoms with E-state index in [0.29, 0.717) is 5.69 Å². The van der Waals surface area contributed by atoms with Gasteiger partial charge in [0, 0.05) is 11.9 Å². The van der Waals surface area contributed by atoms with Gasteiger partial charge < -0.3 is 10.1 Å². The maximum atomic E-state index is 12.2. The average molecular weight is 393 g/mol. The molecule has 1 aromatic carbocycles. The predicted molar refractivity (Wildman–Crippen MR) is 103 cm³/mol. The van der Waals surface area contributed by atoms with E-state index in [2.05, 4.69) is 21.4 Å². The number of carbonyl (C=O) groups excluding carboxylic acids is 2. The van der Waals surface area contributed by atoms with Crippen LogP contribution in [0.2, 0.25) is 0 Å². The molecule has 1 aliphatic heterocycles. The van der Waals surface area contributed by atoms with Crippen molar-refractivity contribution in [1.29, 1.82) is 0 Å². The number of hydrogen-bond acceptors (Lipinski definition) is 5. The lowest BCUT2D eigenvalue weighted by atomic mass is 10.1. The Balaban J connectivity index is 2.07. The number of ether oxygens (including phenoxy) is 1. The molecular formula is C18H23N3O5S. The molecule has 0 saturated heterocycles. The molecule has 146 valence electrons. The highest BCUT2D eigenvalue weighted by atomic mass is 32.2. The van der Waals surface area contributed by atoms with Crippen LogP contribution in [0.4, 0.5) is 5.69 Å². The average Bonchev–Trinajstić information content (AvgIpc) is 2.62. The maximum Gasteiger partial charge on any atom is 0.344 e. The lowest BCUT2D eigenvalue weighted by molar-refractivity contribution is -0.135. The lowest BCUT2D eigenvalue weighted by Crippen LogP contribution is -2.37. The second kappa shape index (κ2) is 8.81. The van der Waals surface area contributed by atoms with Crippen LogP contribution in [0.3, 0.4) is 0 Å². The van der Waals surface area contributed by atoms with E-state index in [-0.39, 0.29) is 11.3 Å². The molecule has 0 spiro atoms. The zero-order valence-electron chi connectivity index (χ0n) is 15.6. The van der Waals surface area contributed by atoms with Gasteiger partial charge in [-0.3, -0.25) is 4.79 Å². The molecule has 1 aliphatic rings. The first-order valence-electron chi connectivity index (χ1n) is 8.54. The minimum atomic E-state index is -4.08. The van der Waals surface area contributed by atoms with Crippen molar-refractivity contribution in [1.82, 2.24) is 4.31 Å². The summed E-state index contributed by atoms with van der Waals surface area (Å²) in [6.07, 6.45) is 4.23. The van der Waals surface area contributed by atoms with Crippen LogP contribution in [-0.4, -0.2) is 44.0 Å². The summed E-state index contributed by atoms with van der Waals surface area (Å²) in [5.74, 6) is -1.27. The number of amides is 1. The van der Waals surface area contributed by atoms with Crippen molar-refractivity contribution in [2.75, 3.05) is 19.0 Å². The SMILES string of the molecule is CCCCc1ccc(NC(=O)CN2C=C(C(=O)OC)C(C)=NS2(=O)=O)cc1. The number of anilines is 1. The molecule has 1 amide bonds. The quantitative estimate of drug-likeness (QED) is 0.714. The van der Waals surface area contributed by atoms with Crippen molar-refractivity contribution in [3.8, 4) is 0 Å². The van der Waals surface area contributed by atoms with Crippen molar-refractivity contribution >= 4 is 33.5 Å². The molecule has 1 aromatic rings. The summed E-state index contributed by atoms with van der Waals surface area (Å²) in [6, 6.07) is 7.38. The number of benzene rings is 1. The molecule has 0 aromatic heterocycles. The van der Waals surface area contributed by atoms with Crippen molar-refractivity contribution in [2.45, 2.75) is 33.1 Å². The highest BCUT2D eigenvalue weighted by Crippen LogP contribution is 2.18. The highest BCUT2D eigenvalue weighted by Gasteiger charge is 2.29. The molecule has 0 atom stereocenters. The Kier molecular flexibility index (Phi) is 6.73. The first kappa shape index (κ1) is 20.6. The van der Waals surface area contributed by atoms with Gasteiger partial charge in [-0.25, -0.2) is 9.10 Å². The van der Waals surface area contributed by atoms with Gasteiger partial charge in [0.2, 0.25) is 5.91 Å². The third-order valence-electron chi connectivity index (χ3n) is 3.97. The molecular weight excluding hydrogens is 370 g/mol. The first-order chi connectivity index (χ1) is 12.8. The molecule has 1 heterocycles. The number of carbonyl (C=O) groups is 2. The molecule has 2 rings (SSSR count). The van der Waals surface area contributed by atoms with E-state index in [0.717, 1.165) is 29.8 Å². The summed E-state index contributed by atoms with van der Waals surface area (Å²) in [7, 11) is -2.89. The summed E-state index contributed by atoms with van der Waals surface area (Å²) in [4.78, 5) is 24.0. The Morgan fingerprint density at radius 1 is 1.22 bits per heavy atom. The number of hydrogen-bond donors (Lipinski definition) is 1. The molecule has 9 heteroatoms. The van der Waals surface area contributed by atoms with E-state index >= 15 is 0 Å². The topological polar surface area (TPSA) is 105 Å². The molecule has 0 unspecified atom stereocenters. The van der Waals surface area contributed by atoms with Crippen molar-refractivity contribution in [3.63, 3.8) is 0 Å². The van der Waals surface area contributed by atoms with Gasteiger partial charge in [-0.15, -0.1) is 4.40 Å². The Morgan fingerprint density at radius 2 is 1.89 bits per heavy atom. The lowest BCUT2D eigenvalue weighted by Gasteiger charge is -2.22. The third-order valence-corrected chi connectivity index (χ3v) is 5.30. The summed E-state index contributed by atoms with van der Waals surface area (Å²) in [6.45, 7) is 3.00. The van der Waals surface area contributed by atoms with E-state index in [9.17, 15) is 18.0 Å². The van der Waals surface area contributed by atoms with Crippen molar-refractivity contribution < 1.29 is 22.7 Å². The van der Waals surface area contributed by atoms with Crippen LogP contribution < -0.4 is 5.32 Å². The summed E-state index contributed by atoms with van der Waals surface area (Å²) in [5.41, 5.74) is 1.73. The van der Waals surface area contributed by atoms with Gasteiger partial charge in [0.1, 0.15) is 6.54 Å². The molecule has 8 nitrogen and oxygen atoms in total. The van der Waals surface area contributed by atoms with Gasteiger partial charge in [0.15, 0.2) is 0 Å². The van der Waals surface area contributed by atoms with Gasteiger partial charge in [-0.2, -0.15) is 8.42 Å².